The van der Waals surface area contributed by atoms with Crippen LogP contribution in [0.5, 0.6) is 0 Å². The second-order valence-electron chi connectivity index (χ2n) is 7.35. The summed E-state index contributed by atoms with van der Waals surface area (Å²) in [7, 11) is 0. The molecule has 28 heavy (non-hydrogen) atoms. The van der Waals surface area contributed by atoms with Crippen LogP contribution in [0.4, 0.5) is 11.8 Å². The molecule has 0 spiro atoms. The first-order chi connectivity index (χ1) is 13.4. The summed E-state index contributed by atoms with van der Waals surface area (Å²) in [6, 6.07) is 2.20. The molecule has 8 heteroatoms. The van der Waals surface area contributed by atoms with Crippen LogP contribution in [-0.2, 0) is 6.54 Å². The minimum atomic E-state index is -0.0933. The van der Waals surface area contributed by atoms with Crippen molar-refractivity contribution in [3.8, 4) is 0 Å². The Morgan fingerprint density at radius 3 is 2.61 bits per heavy atom. The third-order valence-electron chi connectivity index (χ3n) is 4.83. The number of rotatable bonds is 8. The van der Waals surface area contributed by atoms with Crippen molar-refractivity contribution in [1.82, 2.24) is 24.5 Å². The van der Waals surface area contributed by atoms with Crippen molar-refractivity contribution in [1.29, 1.82) is 0 Å². The average molecular weight is 384 g/mol. The average Bonchev–Trinajstić information content (AvgIpc) is 3.09. The first-order valence-corrected chi connectivity index (χ1v) is 9.70. The van der Waals surface area contributed by atoms with Crippen molar-refractivity contribution in [3.63, 3.8) is 0 Å². The number of imidazole rings is 1. The highest BCUT2D eigenvalue weighted by atomic mass is 16.3. The zero-order valence-electron chi connectivity index (χ0n) is 17.2. The van der Waals surface area contributed by atoms with Gasteiger partial charge in [0, 0.05) is 24.5 Å². The van der Waals surface area contributed by atoms with Gasteiger partial charge in [-0.2, -0.15) is 9.97 Å². The van der Waals surface area contributed by atoms with Crippen LogP contribution < -0.4 is 10.6 Å². The second-order valence-corrected chi connectivity index (χ2v) is 7.35. The molecular formula is C20H29N7O. The Bertz CT molecular complexity index is 947. The topological polar surface area (TPSA) is 101 Å². The fourth-order valence-corrected chi connectivity index (χ4v) is 3.03. The normalized spacial score (nSPS) is 12.5. The molecule has 0 aliphatic heterocycles. The number of aliphatic hydroxyl groups is 1. The molecule has 0 saturated heterocycles. The van der Waals surface area contributed by atoms with Gasteiger partial charge in [-0.25, -0.2) is 4.98 Å². The summed E-state index contributed by atoms with van der Waals surface area (Å²) >= 11 is 0. The molecule has 0 amide bonds. The molecule has 150 valence electrons. The third-order valence-corrected chi connectivity index (χ3v) is 4.83. The molecule has 0 radical (unpaired) electrons. The lowest BCUT2D eigenvalue weighted by atomic mass is 10.1. The van der Waals surface area contributed by atoms with Crippen LogP contribution in [0, 0.1) is 13.8 Å². The predicted molar refractivity (Wildman–Crippen MR) is 112 cm³/mol. The monoisotopic (exact) mass is 383 g/mol. The number of hydrogen-bond donors (Lipinski definition) is 3. The van der Waals surface area contributed by atoms with Crippen LogP contribution in [-0.4, -0.2) is 42.3 Å². The van der Waals surface area contributed by atoms with Gasteiger partial charge in [0.2, 0.25) is 5.95 Å². The van der Waals surface area contributed by atoms with Crippen molar-refractivity contribution >= 4 is 22.9 Å². The molecule has 0 saturated carbocycles. The van der Waals surface area contributed by atoms with Crippen molar-refractivity contribution in [2.24, 2.45) is 0 Å². The number of nitrogens with zero attached hydrogens (tertiary/aromatic N) is 5. The Morgan fingerprint density at radius 2 is 1.96 bits per heavy atom. The Balaban J connectivity index is 1.96. The SMILES string of the molecule is CC[C@@H](CO)Nc1nc(NCc2cnc(C)cc2C)c2ncn(C(C)C)c2n1. The van der Waals surface area contributed by atoms with Gasteiger partial charge < -0.3 is 20.3 Å². The van der Waals surface area contributed by atoms with E-state index in [-0.39, 0.29) is 18.7 Å². The maximum Gasteiger partial charge on any atom is 0.227 e. The van der Waals surface area contributed by atoms with Crippen LogP contribution in [0.2, 0.25) is 0 Å². The minimum absolute atomic E-state index is 0.0261. The highest BCUT2D eigenvalue weighted by Gasteiger charge is 2.16. The lowest BCUT2D eigenvalue weighted by Crippen LogP contribution is -2.24. The number of fused-ring (bicyclic) bond motifs is 1. The van der Waals surface area contributed by atoms with Gasteiger partial charge in [0.25, 0.3) is 0 Å². The van der Waals surface area contributed by atoms with Gasteiger partial charge in [-0.3, -0.25) is 4.98 Å². The van der Waals surface area contributed by atoms with Crippen molar-refractivity contribution in [3.05, 3.63) is 35.4 Å². The maximum absolute atomic E-state index is 9.52. The predicted octanol–water partition coefficient (Wildman–Crippen LogP) is 3.21. The van der Waals surface area contributed by atoms with E-state index in [4.69, 9.17) is 0 Å². The number of aromatic nitrogens is 5. The van der Waals surface area contributed by atoms with E-state index in [2.05, 4.69) is 57.4 Å². The number of anilines is 2. The summed E-state index contributed by atoms with van der Waals surface area (Å²) in [6.45, 7) is 10.9. The van der Waals surface area contributed by atoms with E-state index in [0.29, 0.717) is 18.3 Å². The van der Waals surface area contributed by atoms with E-state index in [9.17, 15) is 5.11 Å². The number of aryl methyl sites for hydroxylation is 2. The smallest absolute Gasteiger partial charge is 0.227 e. The summed E-state index contributed by atoms with van der Waals surface area (Å²) in [5.74, 6) is 1.15. The summed E-state index contributed by atoms with van der Waals surface area (Å²) in [6.07, 6.45) is 4.46. The van der Waals surface area contributed by atoms with E-state index in [0.717, 1.165) is 28.8 Å². The first kappa shape index (κ1) is 20.0. The molecule has 0 aromatic carbocycles. The molecule has 3 heterocycles. The number of hydrogen-bond acceptors (Lipinski definition) is 7. The molecule has 0 aliphatic rings. The zero-order valence-corrected chi connectivity index (χ0v) is 17.2. The number of pyridine rings is 1. The molecule has 0 aliphatic carbocycles. The molecule has 0 unspecified atom stereocenters. The summed E-state index contributed by atoms with van der Waals surface area (Å²) in [5, 5.41) is 16.1. The highest BCUT2D eigenvalue weighted by Crippen LogP contribution is 2.24. The summed E-state index contributed by atoms with van der Waals surface area (Å²) < 4.78 is 2.02. The Morgan fingerprint density at radius 1 is 1.18 bits per heavy atom. The molecule has 8 nitrogen and oxygen atoms in total. The van der Waals surface area contributed by atoms with Crippen LogP contribution in [0.1, 0.15) is 50.1 Å². The van der Waals surface area contributed by atoms with E-state index in [1.54, 1.807) is 6.33 Å². The van der Waals surface area contributed by atoms with E-state index < -0.39 is 0 Å². The van der Waals surface area contributed by atoms with Gasteiger partial charge in [-0.1, -0.05) is 6.92 Å². The molecule has 0 bridgehead atoms. The quantitative estimate of drug-likeness (QED) is 0.549. The lowest BCUT2D eigenvalue weighted by Gasteiger charge is -2.16. The molecule has 3 aromatic heterocycles. The summed E-state index contributed by atoms with van der Waals surface area (Å²) in [4.78, 5) is 18.2. The van der Waals surface area contributed by atoms with Gasteiger partial charge in [0.05, 0.1) is 19.0 Å². The molecule has 1 atom stereocenters. The van der Waals surface area contributed by atoms with E-state index in [1.807, 2.05) is 24.6 Å². The van der Waals surface area contributed by atoms with Crippen LogP contribution in [0.15, 0.2) is 18.6 Å². The molecule has 3 rings (SSSR count). The van der Waals surface area contributed by atoms with Gasteiger partial charge in [0.1, 0.15) is 0 Å². The largest absolute Gasteiger partial charge is 0.394 e. The fourth-order valence-electron chi connectivity index (χ4n) is 3.03. The van der Waals surface area contributed by atoms with Crippen LogP contribution >= 0.6 is 0 Å². The Kier molecular flexibility index (Phi) is 6.08. The second kappa shape index (κ2) is 8.52. The van der Waals surface area contributed by atoms with E-state index >= 15 is 0 Å². The van der Waals surface area contributed by atoms with Crippen LogP contribution in [0.3, 0.4) is 0 Å². The van der Waals surface area contributed by atoms with Gasteiger partial charge >= 0.3 is 0 Å². The lowest BCUT2D eigenvalue weighted by molar-refractivity contribution is 0.271. The standard InChI is InChI=1S/C20H29N7O/c1-6-16(10-28)24-20-25-18(17-19(26-20)27(11-23-17)12(2)3)22-9-15-8-21-14(5)7-13(15)4/h7-8,11-12,16,28H,6,9-10H2,1-5H3,(H2,22,24,25,26)/t16-/m0/s1. The zero-order chi connectivity index (χ0) is 20.3. The number of aliphatic hydroxyl groups excluding tert-OH is 1. The Hall–Kier alpha value is -2.74. The van der Waals surface area contributed by atoms with Gasteiger partial charge in [-0.15, -0.1) is 0 Å². The fraction of sp³-hybridized carbons (Fsp3) is 0.500. The van der Waals surface area contributed by atoms with Gasteiger partial charge in [0.15, 0.2) is 17.0 Å². The van der Waals surface area contributed by atoms with Crippen molar-refractivity contribution < 1.29 is 5.11 Å². The molecular weight excluding hydrogens is 354 g/mol. The summed E-state index contributed by atoms with van der Waals surface area (Å²) in [5.41, 5.74) is 4.79. The Labute approximate surface area is 165 Å². The minimum Gasteiger partial charge on any atom is -0.394 e. The van der Waals surface area contributed by atoms with Crippen molar-refractivity contribution in [2.75, 3.05) is 17.2 Å². The third kappa shape index (κ3) is 4.22. The van der Waals surface area contributed by atoms with Crippen LogP contribution in [0.25, 0.3) is 11.2 Å². The molecule has 3 aromatic rings. The highest BCUT2D eigenvalue weighted by molar-refractivity contribution is 5.84. The van der Waals surface area contributed by atoms with E-state index in [1.165, 1.54) is 5.56 Å². The molecule has 3 N–H and O–H groups in total. The molecule has 0 fully saturated rings. The maximum atomic E-state index is 9.52. The number of nitrogens with one attached hydrogen (secondary N) is 2. The first-order valence-electron chi connectivity index (χ1n) is 9.70. The van der Waals surface area contributed by atoms with Crippen molar-refractivity contribution in [2.45, 2.75) is 59.7 Å². The van der Waals surface area contributed by atoms with Gasteiger partial charge in [-0.05, 0) is 51.3 Å².